The highest BCUT2D eigenvalue weighted by molar-refractivity contribution is 7.89. The van der Waals surface area contributed by atoms with Crippen molar-refractivity contribution < 1.29 is 13.2 Å². The molecule has 2 aromatic carbocycles. The maximum absolute atomic E-state index is 12.8. The Balaban J connectivity index is 1.87. The van der Waals surface area contributed by atoms with Gasteiger partial charge in [0.15, 0.2) is 0 Å². The van der Waals surface area contributed by atoms with Crippen molar-refractivity contribution in [1.82, 2.24) is 9.29 Å². The van der Waals surface area contributed by atoms with Crippen molar-refractivity contribution in [3.05, 3.63) is 65.9 Å². The van der Waals surface area contributed by atoms with E-state index in [1.54, 1.807) is 32.0 Å². The fourth-order valence-electron chi connectivity index (χ4n) is 3.12. The van der Waals surface area contributed by atoms with Gasteiger partial charge in [0.2, 0.25) is 10.0 Å². The molecule has 146 valence electrons. The van der Waals surface area contributed by atoms with Gasteiger partial charge in [-0.05, 0) is 43.3 Å². The molecule has 0 aliphatic rings. The summed E-state index contributed by atoms with van der Waals surface area (Å²) in [5.74, 6) is -0.263. The number of rotatable bonds is 6. The zero-order valence-corrected chi connectivity index (χ0v) is 17.0. The molecule has 0 unspecified atom stereocenters. The van der Waals surface area contributed by atoms with Gasteiger partial charge in [-0.15, -0.1) is 0 Å². The van der Waals surface area contributed by atoms with Crippen LogP contribution >= 0.6 is 0 Å². The number of aromatic nitrogens is 1. The minimum absolute atomic E-state index is 0.208. The van der Waals surface area contributed by atoms with Gasteiger partial charge in [0.05, 0.1) is 16.0 Å². The number of amides is 1. The SMILES string of the molecule is CCN(CC)S(=O)(=O)c1ccc(NC(=O)c2cc(C)nc3ccccc23)cc1. The number of hydrogen-bond donors (Lipinski definition) is 1. The largest absolute Gasteiger partial charge is 0.322 e. The Morgan fingerprint density at radius 1 is 1.04 bits per heavy atom. The number of nitrogens with one attached hydrogen (secondary N) is 1. The Hall–Kier alpha value is -2.77. The number of carbonyl (C=O) groups is 1. The molecule has 28 heavy (non-hydrogen) atoms. The van der Waals surface area contributed by atoms with Crippen molar-refractivity contribution in [2.45, 2.75) is 25.7 Å². The summed E-state index contributed by atoms with van der Waals surface area (Å²) >= 11 is 0. The molecule has 0 fully saturated rings. The van der Waals surface area contributed by atoms with Crippen LogP contribution in [0.3, 0.4) is 0 Å². The van der Waals surface area contributed by atoms with E-state index in [2.05, 4.69) is 10.3 Å². The number of anilines is 1. The number of sulfonamides is 1. The van der Waals surface area contributed by atoms with E-state index in [9.17, 15) is 13.2 Å². The van der Waals surface area contributed by atoms with E-state index in [0.717, 1.165) is 16.6 Å². The second-order valence-electron chi connectivity index (χ2n) is 6.40. The van der Waals surface area contributed by atoms with Gasteiger partial charge in [-0.25, -0.2) is 8.42 Å². The molecule has 0 radical (unpaired) electrons. The lowest BCUT2D eigenvalue weighted by Crippen LogP contribution is -2.30. The molecule has 0 atom stereocenters. The maximum atomic E-state index is 12.8. The van der Waals surface area contributed by atoms with Crippen LogP contribution in [0.25, 0.3) is 10.9 Å². The van der Waals surface area contributed by atoms with Crippen molar-refractivity contribution in [2.24, 2.45) is 0 Å². The molecule has 1 aromatic heterocycles. The Morgan fingerprint density at radius 3 is 2.32 bits per heavy atom. The Labute approximate surface area is 165 Å². The number of carbonyl (C=O) groups excluding carboxylic acids is 1. The van der Waals surface area contributed by atoms with Crippen LogP contribution in [0.4, 0.5) is 5.69 Å². The molecular formula is C21H23N3O3S. The smallest absolute Gasteiger partial charge is 0.256 e. The number of para-hydroxylation sites is 1. The van der Waals surface area contributed by atoms with Crippen LogP contribution < -0.4 is 5.32 Å². The molecule has 7 heteroatoms. The second-order valence-corrected chi connectivity index (χ2v) is 8.33. The minimum atomic E-state index is -3.52. The Morgan fingerprint density at radius 2 is 1.68 bits per heavy atom. The van der Waals surface area contributed by atoms with Gasteiger partial charge in [0.25, 0.3) is 5.91 Å². The first-order valence-electron chi connectivity index (χ1n) is 9.14. The summed E-state index contributed by atoms with van der Waals surface area (Å²) in [7, 11) is -3.52. The number of fused-ring (bicyclic) bond motifs is 1. The number of benzene rings is 2. The molecule has 0 saturated carbocycles. The zero-order chi connectivity index (χ0) is 20.3. The quantitative estimate of drug-likeness (QED) is 0.686. The molecular weight excluding hydrogens is 374 g/mol. The molecule has 0 saturated heterocycles. The van der Waals surface area contributed by atoms with E-state index in [0.29, 0.717) is 24.3 Å². The molecule has 0 aliphatic heterocycles. The first-order valence-corrected chi connectivity index (χ1v) is 10.6. The van der Waals surface area contributed by atoms with Crippen LogP contribution in [0.1, 0.15) is 29.9 Å². The van der Waals surface area contributed by atoms with Crippen molar-refractivity contribution in [1.29, 1.82) is 0 Å². The summed E-state index contributed by atoms with van der Waals surface area (Å²) in [6.45, 7) is 6.26. The van der Waals surface area contributed by atoms with Gasteiger partial charge in [-0.2, -0.15) is 4.31 Å². The molecule has 3 aromatic rings. The van der Waals surface area contributed by atoms with E-state index in [1.807, 2.05) is 31.2 Å². The van der Waals surface area contributed by atoms with E-state index in [-0.39, 0.29) is 10.8 Å². The molecule has 0 aliphatic carbocycles. The van der Waals surface area contributed by atoms with Gasteiger partial charge < -0.3 is 5.32 Å². The molecule has 1 N–H and O–H groups in total. The fraction of sp³-hybridized carbons (Fsp3) is 0.238. The lowest BCUT2D eigenvalue weighted by atomic mass is 10.1. The summed E-state index contributed by atoms with van der Waals surface area (Å²) in [5, 5.41) is 3.61. The number of hydrogen-bond acceptors (Lipinski definition) is 4. The lowest BCUT2D eigenvalue weighted by Gasteiger charge is -2.18. The minimum Gasteiger partial charge on any atom is -0.322 e. The predicted octanol–water partition coefficient (Wildman–Crippen LogP) is 3.83. The van der Waals surface area contributed by atoms with Gasteiger partial charge in [0.1, 0.15) is 0 Å². The Bertz CT molecular complexity index is 1110. The number of pyridine rings is 1. The third kappa shape index (κ3) is 3.90. The maximum Gasteiger partial charge on any atom is 0.256 e. The average Bonchev–Trinajstić information content (AvgIpc) is 2.68. The third-order valence-electron chi connectivity index (χ3n) is 4.54. The van der Waals surface area contributed by atoms with Crippen molar-refractivity contribution in [2.75, 3.05) is 18.4 Å². The van der Waals surface area contributed by atoms with E-state index in [1.165, 1.54) is 16.4 Å². The second kappa shape index (κ2) is 8.08. The predicted molar refractivity (Wildman–Crippen MR) is 111 cm³/mol. The van der Waals surface area contributed by atoms with Gasteiger partial charge >= 0.3 is 0 Å². The van der Waals surface area contributed by atoms with E-state index < -0.39 is 10.0 Å². The van der Waals surface area contributed by atoms with E-state index >= 15 is 0 Å². The highest BCUT2D eigenvalue weighted by atomic mass is 32.2. The van der Waals surface area contributed by atoms with Crippen molar-refractivity contribution in [3.63, 3.8) is 0 Å². The lowest BCUT2D eigenvalue weighted by molar-refractivity contribution is 0.102. The topological polar surface area (TPSA) is 79.4 Å². The average molecular weight is 398 g/mol. The number of nitrogens with zero attached hydrogens (tertiary/aromatic N) is 2. The van der Waals surface area contributed by atoms with Crippen molar-refractivity contribution >= 4 is 32.5 Å². The van der Waals surface area contributed by atoms with Crippen LogP contribution in [-0.4, -0.2) is 36.7 Å². The van der Waals surface area contributed by atoms with Crippen LogP contribution in [-0.2, 0) is 10.0 Å². The molecule has 3 rings (SSSR count). The third-order valence-corrected chi connectivity index (χ3v) is 6.61. The standard InChI is InChI=1S/C21H23N3O3S/c1-4-24(5-2)28(26,27)17-12-10-16(11-13-17)23-21(25)19-14-15(3)22-20-9-7-6-8-18(19)20/h6-14H,4-5H2,1-3H3,(H,23,25). The van der Waals surface area contributed by atoms with Gasteiger partial charge in [0, 0.05) is 29.9 Å². The summed E-state index contributed by atoms with van der Waals surface area (Å²) in [5.41, 5.74) is 2.57. The summed E-state index contributed by atoms with van der Waals surface area (Å²) in [4.78, 5) is 17.5. The fourth-order valence-corrected chi connectivity index (χ4v) is 4.57. The van der Waals surface area contributed by atoms with Crippen LogP contribution in [0.15, 0.2) is 59.5 Å². The summed E-state index contributed by atoms with van der Waals surface area (Å²) < 4.78 is 26.5. The molecule has 1 amide bonds. The first kappa shape index (κ1) is 20.0. The van der Waals surface area contributed by atoms with Crippen LogP contribution in [0.2, 0.25) is 0 Å². The first-order chi connectivity index (χ1) is 13.4. The normalized spacial score (nSPS) is 11.7. The Kier molecular flexibility index (Phi) is 5.76. The zero-order valence-electron chi connectivity index (χ0n) is 16.1. The van der Waals surface area contributed by atoms with Crippen LogP contribution in [0.5, 0.6) is 0 Å². The van der Waals surface area contributed by atoms with E-state index in [4.69, 9.17) is 0 Å². The monoisotopic (exact) mass is 397 g/mol. The highest BCUT2D eigenvalue weighted by Gasteiger charge is 2.21. The van der Waals surface area contributed by atoms with Gasteiger partial charge in [-0.3, -0.25) is 9.78 Å². The molecule has 1 heterocycles. The molecule has 0 spiro atoms. The molecule has 0 bridgehead atoms. The number of aryl methyl sites for hydroxylation is 1. The van der Waals surface area contributed by atoms with Gasteiger partial charge in [-0.1, -0.05) is 32.0 Å². The molecule has 6 nitrogen and oxygen atoms in total. The highest BCUT2D eigenvalue weighted by Crippen LogP contribution is 2.21. The summed E-state index contributed by atoms with van der Waals surface area (Å²) in [6, 6.07) is 15.4. The summed E-state index contributed by atoms with van der Waals surface area (Å²) in [6.07, 6.45) is 0. The van der Waals surface area contributed by atoms with Crippen molar-refractivity contribution in [3.8, 4) is 0 Å². The van der Waals surface area contributed by atoms with Crippen LogP contribution in [0, 0.1) is 6.92 Å².